The highest BCUT2D eigenvalue weighted by Gasteiger charge is 2.26. The molecular weight excluding hydrogens is 420 g/mol. The highest BCUT2D eigenvalue weighted by Crippen LogP contribution is 2.29. The Labute approximate surface area is 191 Å². The monoisotopic (exact) mass is 446 g/mol. The van der Waals surface area contributed by atoms with Crippen LogP contribution in [-0.2, 0) is 4.79 Å². The molecular formula is C25H26N4O4. The number of amides is 1. The molecule has 170 valence electrons. The van der Waals surface area contributed by atoms with E-state index in [9.17, 15) is 9.59 Å². The molecule has 2 aromatic heterocycles. The number of anilines is 1. The van der Waals surface area contributed by atoms with E-state index in [0.29, 0.717) is 34.7 Å². The van der Waals surface area contributed by atoms with E-state index in [1.807, 2.05) is 63.2 Å². The normalized spacial score (nSPS) is 12.0. The molecule has 8 nitrogen and oxygen atoms in total. The van der Waals surface area contributed by atoms with Gasteiger partial charge in [0.25, 0.3) is 5.56 Å². The molecule has 4 aromatic rings. The second-order valence-electron chi connectivity index (χ2n) is 8.02. The van der Waals surface area contributed by atoms with E-state index in [0.717, 1.165) is 16.7 Å². The number of fused-ring (bicyclic) bond motifs is 1. The quantitative estimate of drug-likeness (QED) is 0.466. The number of hydrogen-bond donors (Lipinski definition) is 1. The van der Waals surface area contributed by atoms with Crippen molar-refractivity contribution in [3.63, 3.8) is 0 Å². The van der Waals surface area contributed by atoms with Gasteiger partial charge in [-0.05, 0) is 68.7 Å². The van der Waals surface area contributed by atoms with Gasteiger partial charge in [-0.3, -0.25) is 9.59 Å². The van der Waals surface area contributed by atoms with Gasteiger partial charge in [0.15, 0.2) is 5.52 Å². The first-order chi connectivity index (χ1) is 15.8. The molecule has 2 heterocycles. The average molecular weight is 447 g/mol. The van der Waals surface area contributed by atoms with Crippen molar-refractivity contribution in [2.45, 2.75) is 40.2 Å². The van der Waals surface area contributed by atoms with Gasteiger partial charge in [-0.15, -0.1) is 0 Å². The molecule has 1 unspecified atom stereocenters. The minimum absolute atomic E-state index is 0.145. The lowest BCUT2D eigenvalue weighted by Gasteiger charge is -2.19. The minimum Gasteiger partial charge on any atom is -0.497 e. The van der Waals surface area contributed by atoms with Gasteiger partial charge in [0.2, 0.25) is 5.91 Å². The molecule has 0 fully saturated rings. The summed E-state index contributed by atoms with van der Waals surface area (Å²) in [4.78, 5) is 26.5. The molecule has 1 amide bonds. The highest BCUT2D eigenvalue weighted by molar-refractivity contribution is 5.96. The Morgan fingerprint density at radius 2 is 1.88 bits per heavy atom. The average Bonchev–Trinajstić information content (AvgIpc) is 3.20. The summed E-state index contributed by atoms with van der Waals surface area (Å²) in [6.45, 7) is 7.46. The number of benzene rings is 2. The third-order valence-electron chi connectivity index (χ3n) is 5.72. The summed E-state index contributed by atoms with van der Waals surface area (Å²) in [6.07, 6.45) is 0.369. The van der Waals surface area contributed by atoms with Crippen LogP contribution in [0, 0.1) is 20.8 Å². The number of nitrogens with zero attached hydrogens (tertiary/aromatic N) is 3. The summed E-state index contributed by atoms with van der Waals surface area (Å²) in [5, 5.41) is 12.1. The second-order valence-corrected chi connectivity index (χ2v) is 8.02. The number of hydrogen-bond acceptors (Lipinski definition) is 6. The van der Waals surface area contributed by atoms with Crippen LogP contribution in [0.5, 0.6) is 5.75 Å². The number of aryl methyl sites for hydroxylation is 3. The fourth-order valence-corrected chi connectivity index (χ4v) is 3.83. The van der Waals surface area contributed by atoms with Gasteiger partial charge in [0.05, 0.1) is 12.5 Å². The largest absolute Gasteiger partial charge is 0.497 e. The summed E-state index contributed by atoms with van der Waals surface area (Å²) in [5.74, 6) is 0.867. The van der Waals surface area contributed by atoms with Crippen LogP contribution in [0.25, 0.3) is 22.2 Å². The highest BCUT2D eigenvalue weighted by atomic mass is 16.5. The van der Waals surface area contributed by atoms with Crippen LogP contribution in [0.3, 0.4) is 0 Å². The van der Waals surface area contributed by atoms with Crippen LogP contribution in [0.4, 0.5) is 5.69 Å². The van der Waals surface area contributed by atoms with E-state index < -0.39 is 11.6 Å². The Kier molecular flexibility index (Phi) is 6.00. The summed E-state index contributed by atoms with van der Waals surface area (Å²) in [7, 11) is 1.59. The molecule has 4 rings (SSSR count). The SMILES string of the molecule is CCC(C(=O)Nc1cc(C)ccc1C)n1nc(-c2ccc(OC)cc2)c2c(C)onc2c1=O. The van der Waals surface area contributed by atoms with Crippen LogP contribution in [-0.4, -0.2) is 28.0 Å². The molecule has 0 aliphatic rings. The predicted molar refractivity (Wildman–Crippen MR) is 127 cm³/mol. The Hall–Kier alpha value is -3.94. The second kappa shape index (κ2) is 8.90. The predicted octanol–water partition coefficient (Wildman–Crippen LogP) is 4.58. The van der Waals surface area contributed by atoms with Crippen molar-refractivity contribution in [2.24, 2.45) is 0 Å². The first kappa shape index (κ1) is 22.3. The van der Waals surface area contributed by atoms with Crippen molar-refractivity contribution < 1.29 is 14.1 Å². The van der Waals surface area contributed by atoms with Gasteiger partial charge in [-0.2, -0.15) is 5.10 Å². The van der Waals surface area contributed by atoms with E-state index in [-0.39, 0.29) is 11.4 Å². The summed E-state index contributed by atoms with van der Waals surface area (Å²) >= 11 is 0. The van der Waals surface area contributed by atoms with Gasteiger partial charge in [-0.1, -0.05) is 24.2 Å². The minimum atomic E-state index is -0.823. The van der Waals surface area contributed by atoms with E-state index in [1.165, 1.54) is 4.68 Å². The smallest absolute Gasteiger partial charge is 0.297 e. The summed E-state index contributed by atoms with van der Waals surface area (Å²) < 4.78 is 11.8. The molecule has 0 bridgehead atoms. The third-order valence-corrected chi connectivity index (χ3v) is 5.72. The summed E-state index contributed by atoms with van der Waals surface area (Å²) in [6, 6.07) is 12.3. The molecule has 0 radical (unpaired) electrons. The fourth-order valence-electron chi connectivity index (χ4n) is 3.83. The Morgan fingerprint density at radius 3 is 2.55 bits per heavy atom. The zero-order chi connectivity index (χ0) is 23.7. The molecule has 1 N–H and O–H groups in total. The number of carbonyl (C=O) groups is 1. The Bertz CT molecular complexity index is 1390. The lowest BCUT2D eigenvalue weighted by molar-refractivity contribution is -0.119. The molecule has 0 saturated heterocycles. The molecule has 0 spiro atoms. The van der Waals surface area contributed by atoms with E-state index >= 15 is 0 Å². The number of rotatable bonds is 6. The molecule has 0 aliphatic carbocycles. The maximum absolute atomic E-state index is 13.3. The van der Waals surface area contributed by atoms with E-state index in [4.69, 9.17) is 9.26 Å². The van der Waals surface area contributed by atoms with Crippen molar-refractivity contribution in [3.05, 3.63) is 69.7 Å². The zero-order valence-corrected chi connectivity index (χ0v) is 19.3. The zero-order valence-electron chi connectivity index (χ0n) is 19.3. The molecule has 2 aromatic carbocycles. The standard InChI is InChI=1S/C25H26N4O4/c1-6-20(24(30)26-19-13-14(2)7-8-15(19)3)29-25(31)23-21(16(4)33-28-23)22(27-29)17-9-11-18(32-5)12-10-17/h7-13,20H,6H2,1-5H3,(H,26,30). The number of aromatic nitrogens is 3. The van der Waals surface area contributed by atoms with Crippen LogP contribution in [0.15, 0.2) is 51.8 Å². The van der Waals surface area contributed by atoms with Crippen molar-refractivity contribution in [1.29, 1.82) is 0 Å². The fraction of sp³-hybridized carbons (Fsp3) is 0.280. The van der Waals surface area contributed by atoms with Gasteiger partial charge in [-0.25, -0.2) is 4.68 Å². The van der Waals surface area contributed by atoms with Crippen LogP contribution >= 0.6 is 0 Å². The molecule has 8 heteroatoms. The number of nitrogens with one attached hydrogen (secondary N) is 1. The molecule has 33 heavy (non-hydrogen) atoms. The van der Waals surface area contributed by atoms with Crippen LogP contribution < -0.4 is 15.6 Å². The van der Waals surface area contributed by atoms with Gasteiger partial charge in [0, 0.05) is 11.3 Å². The maximum atomic E-state index is 13.3. The maximum Gasteiger partial charge on any atom is 0.297 e. The van der Waals surface area contributed by atoms with Gasteiger partial charge in [0.1, 0.15) is 23.2 Å². The number of carbonyl (C=O) groups excluding carboxylic acids is 1. The Morgan fingerprint density at radius 1 is 1.15 bits per heavy atom. The lowest BCUT2D eigenvalue weighted by Crippen LogP contribution is -2.35. The molecule has 0 saturated carbocycles. The Balaban J connectivity index is 1.83. The van der Waals surface area contributed by atoms with Crippen molar-refractivity contribution in [3.8, 4) is 17.0 Å². The lowest BCUT2D eigenvalue weighted by atomic mass is 10.1. The topological polar surface area (TPSA) is 99.2 Å². The first-order valence-electron chi connectivity index (χ1n) is 10.7. The van der Waals surface area contributed by atoms with E-state index in [1.54, 1.807) is 14.0 Å². The first-order valence-corrected chi connectivity index (χ1v) is 10.7. The van der Waals surface area contributed by atoms with Crippen LogP contribution in [0.1, 0.15) is 36.3 Å². The molecule has 1 atom stereocenters. The van der Waals surface area contributed by atoms with Crippen LogP contribution in [0.2, 0.25) is 0 Å². The summed E-state index contributed by atoms with van der Waals surface area (Å²) in [5.41, 5.74) is 3.62. The third kappa shape index (κ3) is 4.11. The van der Waals surface area contributed by atoms with Crippen molar-refractivity contribution >= 4 is 22.5 Å². The molecule has 0 aliphatic heterocycles. The van der Waals surface area contributed by atoms with E-state index in [2.05, 4.69) is 15.6 Å². The number of methoxy groups -OCH3 is 1. The van der Waals surface area contributed by atoms with Gasteiger partial charge < -0.3 is 14.6 Å². The van der Waals surface area contributed by atoms with Crippen molar-refractivity contribution in [2.75, 3.05) is 12.4 Å². The number of ether oxygens (including phenoxy) is 1. The van der Waals surface area contributed by atoms with Gasteiger partial charge >= 0.3 is 0 Å². The van der Waals surface area contributed by atoms with Crippen molar-refractivity contribution in [1.82, 2.24) is 14.9 Å².